The fraction of sp³-hybridized carbons (Fsp3) is 0.250. The molecule has 1 atom stereocenters. The summed E-state index contributed by atoms with van der Waals surface area (Å²) in [5, 5.41) is 21.6. The Labute approximate surface area is 140 Å². The third-order valence-corrected chi connectivity index (χ3v) is 5.44. The molecule has 24 heavy (non-hydrogen) atoms. The molecule has 0 aliphatic heterocycles. The number of nitrogens with zero attached hydrogens (tertiary/aromatic N) is 2. The van der Waals surface area contributed by atoms with Crippen LogP contribution < -0.4 is 0 Å². The monoisotopic (exact) mass is 350 g/mol. The summed E-state index contributed by atoms with van der Waals surface area (Å²) in [6, 6.07) is 12.5. The van der Waals surface area contributed by atoms with Gasteiger partial charge in [-0.3, -0.25) is 10.1 Å². The Morgan fingerprint density at radius 3 is 2.33 bits per heavy atom. The SMILES string of the molecule is CN(C)S(=O)(=O)c1ccc(CC(O)c2ccccc2)c([N+](=O)[O-])c1. The molecule has 2 aromatic carbocycles. The van der Waals surface area contributed by atoms with Gasteiger partial charge in [0.05, 0.1) is 15.9 Å². The number of hydrogen-bond donors (Lipinski definition) is 1. The molecular weight excluding hydrogens is 332 g/mol. The molecule has 1 N–H and O–H groups in total. The minimum absolute atomic E-state index is 0.0165. The van der Waals surface area contributed by atoms with Gasteiger partial charge in [-0.15, -0.1) is 0 Å². The molecule has 2 aromatic rings. The number of rotatable bonds is 6. The number of benzene rings is 2. The van der Waals surface area contributed by atoms with Crippen molar-refractivity contribution in [3.8, 4) is 0 Å². The van der Waals surface area contributed by atoms with Crippen molar-refractivity contribution in [2.75, 3.05) is 14.1 Å². The van der Waals surface area contributed by atoms with E-state index in [2.05, 4.69) is 0 Å². The summed E-state index contributed by atoms with van der Waals surface area (Å²) in [6.45, 7) is 0. The van der Waals surface area contributed by atoms with Gasteiger partial charge < -0.3 is 5.11 Å². The van der Waals surface area contributed by atoms with Crippen LogP contribution in [-0.2, 0) is 16.4 Å². The van der Waals surface area contributed by atoms with Crippen LogP contribution in [0.3, 0.4) is 0 Å². The van der Waals surface area contributed by atoms with E-state index in [1.807, 2.05) is 0 Å². The van der Waals surface area contributed by atoms with Gasteiger partial charge in [-0.25, -0.2) is 12.7 Å². The second-order valence-electron chi connectivity index (χ2n) is 5.47. The Hall–Kier alpha value is -2.29. The Morgan fingerprint density at radius 1 is 1.17 bits per heavy atom. The molecule has 7 nitrogen and oxygen atoms in total. The van der Waals surface area contributed by atoms with Gasteiger partial charge in [-0.2, -0.15) is 0 Å². The topological polar surface area (TPSA) is 101 Å². The summed E-state index contributed by atoms with van der Waals surface area (Å²) in [5.74, 6) is 0. The first-order valence-electron chi connectivity index (χ1n) is 7.16. The Kier molecular flexibility index (Phi) is 5.33. The molecule has 0 saturated carbocycles. The zero-order valence-corrected chi connectivity index (χ0v) is 14.1. The molecule has 8 heteroatoms. The lowest BCUT2D eigenvalue weighted by atomic mass is 10.0. The highest BCUT2D eigenvalue weighted by Crippen LogP contribution is 2.28. The fourth-order valence-corrected chi connectivity index (χ4v) is 3.18. The highest BCUT2D eigenvalue weighted by Gasteiger charge is 2.24. The third kappa shape index (κ3) is 3.78. The molecule has 0 bridgehead atoms. The summed E-state index contributed by atoms with van der Waals surface area (Å²) in [5.41, 5.74) is 0.582. The Bertz CT molecular complexity index is 835. The quantitative estimate of drug-likeness (QED) is 0.635. The number of aliphatic hydroxyl groups excluding tert-OH is 1. The number of sulfonamides is 1. The maximum Gasteiger partial charge on any atom is 0.274 e. The second kappa shape index (κ2) is 7.08. The molecule has 0 aliphatic rings. The van der Waals surface area contributed by atoms with Gasteiger partial charge in [0, 0.05) is 32.1 Å². The maximum absolute atomic E-state index is 12.1. The van der Waals surface area contributed by atoms with Crippen LogP contribution in [0, 0.1) is 10.1 Å². The van der Waals surface area contributed by atoms with Gasteiger partial charge in [-0.1, -0.05) is 36.4 Å². The summed E-state index contributed by atoms with van der Waals surface area (Å²) in [4.78, 5) is 10.5. The molecule has 0 fully saturated rings. The minimum Gasteiger partial charge on any atom is -0.388 e. The van der Waals surface area contributed by atoms with E-state index < -0.39 is 21.1 Å². The molecule has 0 aliphatic carbocycles. The van der Waals surface area contributed by atoms with Gasteiger partial charge in [0.2, 0.25) is 10.0 Å². The highest BCUT2D eigenvalue weighted by molar-refractivity contribution is 7.89. The van der Waals surface area contributed by atoms with Crippen molar-refractivity contribution in [1.82, 2.24) is 4.31 Å². The molecule has 0 saturated heterocycles. The first-order valence-corrected chi connectivity index (χ1v) is 8.60. The lowest BCUT2D eigenvalue weighted by molar-refractivity contribution is -0.385. The van der Waals surface area contributed by atoms with Crippen LogP contribution in [0.4, 0.5) is 5.69 Å². The van der Waals surface area contributed by atoms with E-state index >= 15 is 0 Å². The average molecular weight is 350 g/mol. The molecule has 0 heterocycles. The van der Waals surface area contributed by atoms with Crippen LogP contribution in [0.2, 0.25) is 0 Å². The van der Waals surface area contributed by atoms with Gasteiger partial charge in [-0.05, 0) is 11.6 Å². The molecule has 128 valence electrons. The number of aliphatic hydroxyl groups is 1. The van der Waals surface area contributed by atoms with Crippen LogP contribution in [0.5, 0.6) is 0 Å². The first kappa shape index (κ1) is 18.1. The molecule has 0 spiro atoms. The van der Waals surface area contributed by atoms with Crippen molar-refractivity contribution in [1.29, 1.82) is 0 Å². The predicted molar refractivity (Wildman–Crippen MR) is 89.1 cm³/mol. The lowest BCUT2D eigenvalue weighted by Crippen LogP contribution is -2.22. The van der Waals surface area contributed by atoms with Gasteiger partial charge in [0.15, 0.2) is 0 Å². The van der Waals surface area contributed by atoms with Crippen LogP contribution in [-0.4, -0.2) is 36.8 Å². The first-order chi connectivity index (χ1) is 11.2. The molecule has 0 aromatic heterocycles. The van der Waals surface area contributed by atoms with E-state index in [0.29, 0.717) is 5.56 Å². The van der Waals surface area contributed by atoms with Crippen LogP contribution in [0.1, 0.15) is 17.2 Å². The third-order valence-electron chi connectivity index (χ3n) is 3.63. The van der Waals surface area contributed by atoms with E-state index in [9.17, 15) is 23.6 Å². The highest BCUT2D eigenvalue weighted by atomic mass is 32.2. The van der Waals surface area contributed by atoms with Crippen LogP contribution in [0.25, 0.3) is 0 Å². The smallest absolute Gasteiger partial charge is 0.274 e. The number of nitro benzene ring substituents is 1. The zero-order chi connectivity index (χ0) is 17.9. The van der Waals surface area contributed by atoms with Crippen molar-refractivity contribution in [2.45, 2.75) is 17.4 Å². The summed E-state index contributed by atoms with van der Waals surface area (Å²) >= 11 is 0. The largest absolute Gasteiger partial charge is 0.388 e. The van der Waals surface area contributed by atoms with Gasteiger partial charge in [0.25, 0.3) is 5.69 Å². The van der Waals surface area contributed by atoms with Crippen molar-refractivity contribution in [2.24, 2.45) is 0 Å². The van der Waals surface area contributed by atoms with Crippen LogP contribution >= 0.6 is 0 Å². The van der Waals surface area contributed by atoms with Gasteiger partial charge in [0.1, 0.15) is 0 Å². The Morgan fingerprint density at radius 2 is 1.79 bits per heavy atom. The number of nitro groups is 1. The van der Waals surface area contributed by atoms with E-state index in [-0.39, 0.29) is 22.6 Å². The average Bonchev–Trinajstić information content (AvgIpc) is 2.55. The van der Waals surface area contributed by atoms with E-state index in [0.717, 1.165) is 10.4 Å². The van der Waals surface area contributed by atoms with Crippen LogP contribution in [0.15, 0.2) is 53.4 Å². The Balaban J connectivity index is 2.39. The normalized spacial score (nSPS) is 13.0. The van der Waals surface area contributed by atoms with E-state index in [4.69, 9.17) is 0 Å². The maximum atomic E-state index is 12.1. The summed E-state index contributed by atoms with van der Waals surface area (Å²) in [7, 11) is -1.05. The second-order valence-corrected chi connectivity index (χ2v) is 7.62. The minimum atomic E-state index is -3.76. The number of hydrogen-bond acceptors (Lipinski definition) is 5. The summed E-state index contributed by atoms with van der Waals surface area (Å²) < 4.78 is 25.2. The molecule has 1 unspecified atom stereocenters. The van der Waals surface area contributed by atoms with Crippen molar-refractivity contribution in [3.05, 3.63) is 69.8 Å². The molecular formula is C16H18N2O5S. The van der Waals surface area contributed by atoms with E-state index in [1.54, 1.807) is 30.3 Å². The van der Waals surface area contributed by atoms with Gasteiger partial charge >= 0.3 is 0 Å². The molecule has 2 rings (SSSR count). The summed E-state index contributed by atoms with van der Waals surface area (Å²) in [6.07, 6.45) is -0.899. The predicted octanol–water partition coefficient (Wildman–Crippen LogP) is 2.12. The zero-order valence-electron chi connectivity index (χ0n) is 13.3. The van der Waals surface area contributed by atoms with E-state index in [1.165, 1.54) is 26.2 Å². The fourth-order valence-electron chi connectivity index (χ4n) is 2.26. The standard InChI is InChI=1S/C16H18N2O5S/c1-17(2)24(22,23)14-9-8-13(15(11-14)18(20)21)10-16(19)12-6-4-3-5-7-12/h3-9,11,16,19H,10H2,1-2H3. The van der Waals surface area contributed by atoms with Crippen molar-refractivity contribution >= 4 is 15.7 Å². The lowest BCUT2D eigenvalue weighted by Gasteiger charge is -2.14. The molecule has 0 amide bonds. The van der Waals surface area contributed by atoms with Crippen molar-refractivity contribution < 1.29 is 18.4 Å². The van der Waals surface area contributed by atoms with Crippen molar-refractivity contribution in [3.63, 3.8) is 0 Å². The molecule has 0 radical (unpaired) electrons.